The Kier molecular flexibility index (Phi) is 6.75. The lowest BCUT2D eigenvalue weighted by molar-refractivity contribution is -0.120. The van der Waals surface area contributed by atoms with E-state index in [0.717, 1.165) is 25.2 Å². The second-order valence-corrected chi connectivity index (χ2v) is 8.28. The number of hydrogen-bond acceptors (Lipinski definition) is 3. The van der Waals surface area contributed by atoms with Gasteiger partial charge in [0, 0.05) is 11.4 Å². The number of thioether (sulfide) groups is 1. The summed E-state index contributed by atoms with van der Waals surface area (Å²) in [6.45, 7) is 7.06. The second-order valence-electron chi connectivity index (χ2n) is 7.14. The molecule has 4 heteroatoms. The van der Waals surface area contributed by atoms with Crippen LogP contribution in [0.4, 0.5) is 0 Å². The largest absolute Gasteiger partial charge is 0.355 e. The number of amides is 1. The Morgan fingerprint density at radius 2 is 2.04 bits per heavy atom. The van der Waals surface area contributed by atoms with Gasteiger partial charge in [0.2, 0.25) is 5.91 Å². The quantitative estimate of drug-likeness (QED) is 0.749. The third-order valence-electron chi connectivity index (χ3n) is 4.88. The van der Waals surface area contributed by atoms with Crippen molar-refractivity contribution in [2.24, 2.45) is 5.92 Å². The number of piperidine rings is 1. The van der Waals surface area contributed by atoms with Crippen LogP contribution in [0.3, 0.4) is 0 Å². The minimum absolute atomic E-state index is 0.103. The Morgan fingerprint density at radius 1 is 1.23 bits per heavy atom. The third kappa shape index (κ3) is 5.12. The van der Waals surface area contributed by atoms with Crippen LogP contribution in [0.25, 0.3) is 0 Å². The predicted molar refractivity (Wildman–Crippen MR) is 110 cm³/mol. The minimum Gasteiger partial charge on any atom is -0.355 e. The number of hydrogen-bond donors (Lipinski definition) is 2. The molecule has 3 rings (SSSR count). The number of carbonyl (C=O) groups is 1. The Hall–Kier alpha value is -1.78. The topological polar surface area (TPSA) is 41.1 Å². The van der Waals surface area contributed by atoms with Crippen molar-refractivity contribution in [3.63, 3.8) is 0 Å². The molecule has 0 aromatic heterocycles. The summed E-state index contributed by atoms with van der Waals surface area (Å²) in [6, 6.07) is 16.5. The van der Waals surface area contributed by atoms with Crippen LogP contribution in [0.2, 0.25) is 0 Å². The molecule has 0 radical (unpaired) electrons. The van der Waals surface area contributed by atoms with Gasteiger partial charge in [0.1, 0.15) is 5.25 Å². The molecule has 3 nitrogen and oxygen atoms in total. The molecule has 1 fully saturated rings. The van der Waals surface area contributed by atoms with Crippen molar-refractivity contribution in [1.82, 2.24) is 10.6 Å². The molecular weight excluding hydrogens is 340 g/mol. The van der Waals surface area contributed by atoms with Crippen molar-refractivity contribution in [1.29, 1.82) is 0 Å². The van der Waals surface area contributed by atoms with Gasteiger partial charge in [-0.2, -0.15) is 0 Å². The average molecular weight is 369 g/mol. The van der Waals surface area contributed by atoms with Crippen molar-refractivity contribution in [2.45, 2.75) is 36.8 Å². The van der Waals surface area contributed by atoms with E-state index in [-0.39, 0.29) is 11.2 Å². The highest BCUT2D eigenvalue weighted by atomic mass is 32.2. The average Bonchev–Trinajstić information content (AvgIpc) is 2.67. The zero-order valence-corrected chi connectivity index (χ0v) is 16.4. The standard InChI is InChI=1S/C22H28N2OS/c1-16-10-11-20(17(2)13-16)26-21(19-8-4-3-5-9-19)22(25)24-15-18-7-6-12-23-14-18/h3-5,8-11,13,18,21,23H,6-7,12,14-15H2,1-2H3,(H,24,25). The predicted octanol–water partition coefficient (Wildman–Crippen LogP) is 4.25. The van der Waals surface area contributed by atoms with E-state index >= 15 is 0 Å². The van der Waals surface area contributed by atoms with E-state index in [1.165, 1.54) is 28.9 Å². The number of rotatable bonds is 6. The lowest BCUT2D eigenvalue weighted by atomic mass is 9.99. The van der Waals surface area contributed by atoms with Gasteiger partial charge in [-0.25, -0.2) is 0 Å². The van der Waals surface area contributed by atoms with E-state index < -0.39 is 0 Å². The number of carbonyl (C=O) groups excluding carboxylic acids is 1. The first-order chi connectivity index (χ1) is 12.6. The van der Waals surface area contributed by atoms with E-state index in [1.54, 1.807) is 11.8 Å². The molecule has 0 bridgehead atoms. The molecule has 1 aliphatic rings. The summed E-state index contributed by atoms with van der Waals surface area (Å²) in [5.41, 5.74) is 3.52. The lowest BCUT2D eigenvalue weighted by Crippen LogP contribution is -2.39. The van der Waals surface area contributed by atoms with E-state index in [2.05, 4.69) is 42.7 Å². The van der Waals surface area contributed by atoms with Crippen LogP contribution >= 0.6 is 11.8 Å². The third-order valence-corrected chi connectivity index (χ3v) is 6.31. The van der Waals surface area contributed by atoms with Crippen LogP contribution in [-0.4, -0.2) is 25.5 Å². The molecule has 1 saturated heterocycles. The SMILES string of the molecule is Cc1ccc(SC(C(=O)NCC2CCCNC2)c2ccccc2)c(C)c1. The summed E-state index contributed by atoms with van der Waals surface area (Å²) >= 11 is 1.64. The molecule has 2 aromatic rings. The highest BCUT2D eigenvalue weighted by Crippen LogP contribution is 2.37. The molecule has 138 valence electrons. The number of nitrogens with one attached hydrogen (secondary N) is 2. The zero-order chi connectivity index (χ0) is 18.4. The summed E-state index contributed by atoms with van der Waals surface area (Å²) < 4.78 is 0. The summed E-state index contributed by atoms with van der Waals surface area (Å²) in [6.07, 6.45) is 2.38. The van der Waals surface area contributed by atoms with Crippen LogP contribution < -0.4 is 10.6 Å². The van der Waals surface area contributed by atoms with Crippen LogP contribution in [-0.2, 0) is 4.79 Å². The van der Waals surface area contributed by atoms with Crippen molar-refractivity contribution in [3.8, 4) is 0 Å². The Bertz CT molecular complexity index is 726. The van der Waals surface area contributed by atoms with E-state index in [4.69, 9.17) is 0 Å². The van der Waals surface area contributed by atoms with Crippen LogP contribution in [0.1, 0.15) is 34.8 Å². The fraction of sp³-hybridized carbons (Fsp3) is 0.409. The van der Waals surface area contributed by atoms with E-state index in [1.807, 2.05) is 30.3 Å². The van der Waals surface area contributed by atoms with E-state index in [0.29, 0.717) is 5.92 Å². The van der Waals surface area contributed by atoms with Gasteiger partial charge in [-0.3, -0.25) is 4.79 Å². The first-order valence-corrected chi connectivity index (χ1v) is 10.3. The van der Waals surface area contributed by atoms with Gasteiger partial charge in [0.15, 0.2) is 0 Å². The number of benzene rings is 2. The molecule has 1 amide bonds. The van der Waals surface area contributed by atoms with Gasteiger partial charge in [-0.05, 0) is 62.9 Å². The van der Waals surface area contributed by atoms with Gasteiger partial charge in [0.05, 0.1) is 0 Å². The molecule has 2 atom stereocenters. The summed E-state index contributed by atoms with van der Waals surface area (Å²) in [4.78, 5) is 14.2. The van der Waals surface area contributed by atoms with Gasteiger partial charge in [0.25, 0.3) is 0 Å². The first-order valence-electron chi connectivity index (χ1n) is 9.41. The van der Waals surface area contributed by atoms with Crippen molar-refractivity contribution < 1.29 is 4.79 Å². The van der Waals surface area contributed by atoms with Crippen molar-refractivity contribution in [2.75, 3.05) is 19.6 Å². The molecule has 0 aliphatic carbocycles. The molecule has 2 aromatic carbocycles. The van der Waals surface area contributed by atoms with Gasteiger partial charge >= 0.3 is 0 Å². The maximum absolute atomic E-state index is 13.0. The van der Waals surface area contributed by atoms with Gasteiger partial charge in [-0.15, -0.1) is 11.8 Å². The molecule has 2 N–H and O–H groups in total. The maximum Gasteiger partial charge on any atom is 0.238 e. The summed E-state index contributed by atoms with van der Waals surface area (Å²) in [5, 5.41) is 6.39. The Balaban J connectivity index is 1.73. The zero-order valence-electron chi connectivity index (χ0n) is 15.6. The molecule has 26 heavy (non-hydrogen) atoms. The molecule has 0 spiro atoms. The molecule has 0 saturated carbocycles. The smallest absolute Gasteiger partial charge is 0.238 e. The Labute approximate surface area is 161 Å². The Morgan fingerprint density at radius 3 is 2.73 bits per heavy atom. The van der Waals surface area contributed by atoms with Crippen LogP contribution in [0, 0.1) is 19.8 Å². The minimum atomic E-state index is -0.228. The molecule has 1 aliphatic heterocycles. The molecule has 2 unspecified atom stereocenters. The molecular formula is C22H28N2OS. The fourth-order valence-corrected chi connectivity index (χ4v) is 4.52. The van der Waals surface area contributed by atoms with Crippen LogP contribution in [0.15, 0.2) is 53.4 Å². The highest BCUT2D eigenvalue weighted by molar-refractivity contribution is 8.00. The summed E-state index contributed by atoms with van der Waals surface area (Å²) in [7, 11) is 0. The van der Waals surface area contributed by atoms with Gasteiger partial charge in [-0.1, -0.05) is 48.0 Å². The highest BCUT2D eigenvalue weighted by Gasteiger charge is 2.24. The second kappa shape index (κ2) is 9.24. The summed E-state index contributed by atoms with van der Waals surface area (Å²) in [5.74, 6) is 0.641. The maximum atomic E-state index is 13.0. The normalized spacial score (nSPS) is 18.3. The fourth-order valence-electron chi connectivity index (χ4n) is 3.40. The monoisotopic (exact) mass is 368 g/mol. The molecule has 1 heterocycles. The van der Waals surface area contributed by atoms with E-state index in [9.17, 15) is 4.79 Å². The van der Waals surface area contributed by atoms with Crippen molar-refractivity contribution in [3.05, 3.63) is 65.2 Å². The van der Waals surface area contributed by atoms with Crippen LogP contribution in [0.5, 0.6) is 0 Å². The first kappa shape index (κ1) is 19.0. The van der Waals surface area contributed by atoms with Gasteiger partial charge < -0.3 is 10.6 Å². The number of aryl methyl sites for hydroxylation is 2. The van der Waals surface area contributed by atoms with Crippen molar-refractivity contribution >= 4 is 17.7 Å². The lowest BCUT2D eigenvalue weighted by Gasteiger charge is -2.24.